The molecule has 1 aliphatic heterocycles. The summed E-state index contributed by atoms with van der Waals surface area (Å²) in [6, 6.07) is 12.9. The number of aromatic nitrogens is 3. The van der Waals surface area contributed by atoms with E-state index in [4.69, 9.17) is 4.74 Å². The van der Waals surface area contributed by atoms with Crippen LogP contribution >= 0.6 is 0 Å². The van der Waals surface area contributed by atoms with Gasteiger partial charge in [0.25, 0.3) is 0 Å². The van der Waals surface area contributed by atoms with Crippen molar-refractivity contribution in [1.82, 2.24) is 13.9 Å². The van der Waals surface area contributed by atoms with Gasteiger partial charge in [0.15, 0.2) is 11.6 Å². The molecule has 9 heteroatoms. The second kappa shape index (κ2) is 8.56. The maximum Gasteiger partial charge on any atom is 0.352 e. The van der Waals surface area contributed by atoms with Crippen molar-refractivity contribution in [2.24, 2.45) is 11.3 Å². The third-order valence-electron chi connectivity index (χ3n) is 9.00. The zero-order valence-corrected chi connectivity index (χ0v) is 22.2. The number of Topliss-reactive ketones (excluding diaryl/α,β-unsaturated/α-hetero) is 2. The van der Waals surface area contributed by atoms with Crippen LogP contribution in [0, 0.1) is 11.3 Å². The molecular weight excluding hydrogens is 498 g/mol. The average molecular weight is 528 g/mol. The lowest BCUT2D eigenvalue weighted by Gasteiger charge is -2.53. The molecule has 0 spiro atoms. The molecule has 2 aromatic carbocycles. The second-order valence-corrected chi connectivity index (χ2v) is 10.7. The number of carbonyl (C=O) groups is 2. The Morgan fingerprint density at radius 2 is 1.67 bits per heavy atom. The number of para-hydroxylation sites is 1. The summed E-state index contributed by atoms with van der Waals surface area (Å²) in [5.41, 5.74) is 0.107. The van der Waals surface area contributed by atoms with Crippen molar-refractivity contribution in [3.05, 3.63) is 97.9 Å². The minimum Gasteiger partial charge on any atom is -0.508 e. The summed E-state index contributed by atoms with van der Waals surface area (Å²) in [7, 11) is 1.49. The molecule has 0 saturated heterocycles. The van der Waals surface area contributed by atoms with Crippen molar-refractivity contribution in [3.8, 4) is 17.2 Å². The molecule has 4 atom stereocenters. The molecule has 1 N–H and O–H groups in total. The molecule has 9 nitrogen and oxygen atoms in total. The molecule has 2 aliphatic carbocycles. The van der Waals surface area contributed by atoms with Crippen molar-refractivity contribution in [3.63, 3.8) is 0 Å². The molecule has 3 aliphatic rings. The molecule has 1 fully saturated rings. The Morgan fingerprint density at radius 3 is 2.36 bits per heavy atom. The van der Waals surface area contributed by atoms with Crippen LogP contribution < -0.4 is 16.1 Å². The standard InChI is InChI=1S/C30H29N3O6/c1-16-17(2)27(36)30(3)20(26(16)35)15-21-19(25(30)24-22(34)11-8-12-23(24)39-4)13-14-31-28(37)32(29(38)33(21)31)18-9-6-5-7-10-18/h5-13,20-21,25,34H,14-15H2,1-4H3/t20-,21+,25+,30+/m0/s1. The number of ketones is 2. The zero-order valence-electron chi connectivity index (χ0n) is 22.2. The third kappa shape index (κ3) is 3.19. The second-order valence-electron chi connectivity index (χ2n) is 10.7. The Morgan fingerprint density at radius 1 is 0.949 bits per heavy atom. The number of fused-ring (bicyclic) bond motifs is 4. The van der Waals surface area contributed by atoms with Crippen LogP contribution in [0.3, 0.4) is 0 Å². The van der Waals surface area contributed by atoms with Gasteiger partial charge in [-0.1, -0.05) is 37.3 Å². The van der Waals surface area contributed by atoms with E-state index in [2.05, 4.69) is 0 Å². The van der Waals surface area contributed by atoms with E-state index < -0.39 is 34.7 Å². The molecule has 1 saturated carbocycles. The number of ether oxygens (including phenoxy) is 1. The highest BCUT2D eigenvalue weighted by Gasteiger charge is 2.61. The molecule has 0 bridgehead atoms. The maximum absolute atomic E-state index is 14.1. The van der Waals surface area contributed by atoms with Crippen molar-refractivity contribution >= 4 is 11.6 Å². The minimum atomic E-state index is -1.23. The normalized spacial score (nSPS) is 26.1. The number of hydrogen-bond acceptors (Lipinski definition) is 6. The Kier molecular flexibility index (Phi) is 5.47. The van der Waals surface area contributed by atoms with E-state index in [9.17, 15) is 24.3 Å². The largest absolute Gasteiger partial charge is 0.508 e. The lowest BCUT2D eigenvalue weighted by Crippen LogP contribution is -2.55. The first kappa shape index (κ1) is 24.9. The fourth-order valence-electron chi connectivity index (χ4n) is 6.95. The van der Waals surface area contributed by atoms with Crippen LogP contribution in [0.25, 0.3) is 5.69 Å². The lowest BCUT2D eigenvalue weighted by atomic mass is 9.50. The molecule has 3 aromatic rings. The zero-order chi connectivity index (χ0) is 27.8. The molecule has 0 radical (unpaired) electrons. The topological polar surface area (TPSA) is 113 Å². The summed E-state index contributed by atoms with van der Waals surface area (Å²) in [6.45, 7) is 5.20. The number of benzene rings is 2. The highest BCUT2D eigenvalue weighted by atomic mass is 16.5. The van der Waals surface area contributed by atoms with Gasteiger partial charge in [0.05, 0.1) is 30.8 Å². The van der Waals surface area contributed by atoms with Gasteiger partial charge in [-0.25, -0.2) is 23.5 Å². The lowest BCUT2D eigenvalue weighted by molar-refractivity contribution is -0.140. The first-order valence-electron chi connectivity index (χ1n) is 12.9. The van der Waals surface area contributed by atoms with Gasteiger partial charge < -0.3 is 9.84 Å². The van der Waals surface area contributed by atoms with E-state index in [1.807, 2.05) is 6.08 Å². The molecule has 2 heterocycles. The van der Waals surface area contributed by atoms with Crippen LogP contribution in [0.15, 0.2) is 80.9 Å². The highest BCUT2D eigenvalue weighted by Crippen LogP contribution is 2.62. The molecule has 200 valence electrons. The smallest absolute Gasteiger partial charge is 0.352 e. The van der Waals surface area contributed by atoms with Gasteiger partial charge in [0.1, 0.15) is 11.5 Å². The predicted molar refractivity (Wildman–Crippen MR) is 143 cm³/mol. The Labute approximate surface area is 224 Å². The van der Waals surface area contributed by atoms with E-state index in [-0.39, 0.29) is 30.3 Å². The van der Waals surface area contributed by atoms with Gasteiger partial charge in [0, 0.05) is 17.4 Å². The summed E-state index contributed by atoms with van der Waals surface area (Å²) >= 11 is 0. The first-order valence-corrected chi connectivity index (χ1v) is 12.9. The number of nitrogens with zero attached hydrogens (tertiary/aromatic N) is 3. The van der Waals surface area contributed by atoms with Crippen molar-refractivity contribution < 1.29 is 19.4 Å². The molecular formula is C30H29N3O6. The summed E-state index contributed by atoms with van der Waals surface area (Å²) < 4.78 is 9.58. The monoisotopic (exact) mass is 527 g/mol. The summed E-state index contributed by atoms with van der Waals surface area (Å²) in [5.74, 6) is -1.57. The van der Waals surface area contributed by atoms with E-state index in [1.165, 1.54) is 22.5 Å². The average Bonchev–Trinajstić information content (AvgIpc) is 3.20. The molecule has 1 aromatic heterocycles. The van der Waals surface area contributed by atoms with Crippen molar-refractivity contribution in [2.45, 2.75) is 45.7 Å². The predicted octanol–water partition coefficient (Wildman–Crippen LogP) is 3.29. The van der Waals surface area contributed by atoms with Crippen LogP contribution in [-0.4, -0.2) is 37.7 Å². The number of phenols is 1. The van der Waals surface area contributed by atoms with Gasteiger partial charge in [-0.3, -0.25) is 9.59 Å². The third-order valence-corrected chi connectivity index (χ3v) is 9.00. The van der Waals surface area contributed by atoms with Gasteiger partial charge in [-0.15, -0.1) is 0 Å². The Hall–Kier alpha value is -4.40. The summed E-state index contributed by atoms with van der Waals surface area (Å²) in [5, 5.41) is 11.1. The van der Waals surface area contributed by atoms with E-state index >= 15 is 0 Å². The van der Waals surface area contributed by atoms with Crippen LogP contribution in [0.2, 0.25) is 0 Å². The van der Waals surface area contributed by atoms with Crippen molar-refractivity contribution in [2.75, 3.05) is 7.11 Å². The number of hydrogen-bond donors (Lipinski definition) is 1. The first-order chi connectivity index (χ1) is 18.6. The summed E-state index contributed by atoms with van der Waals surface area (Å²) in [4.78, 5) is 55.2. The van der Waals surface area contributed by atoms with Crippen LogP contribution in [0.4, 0.5) is 0 Å². The van der Waals surface area contributed by atoms with Gasteiger partial charge >= 0.3 is 11.4 Å². The van der Waals surface area contributed by atoms with Crippen LogP contribution in [0.5, 0.6) is 11.5 Å². The van der Waals surface area contributed by atoms with Gasteiger partial charge in [-0.05, 0) is 61.3 Å². The van der Waals surface area contributed by atoms with Gasteiger partial charge in [-0.2, -0.15) is 0 Å². The molecule has 6 rings (SSSR count). The molecule has 0 amide bonds. The number of aromatic hydroxyl groups is 1. The fourth-order valence-corrected chi connectivity index (χ4v) is 6.95. The number of phenolic OH excluding ortho intramolecular Hbond substituents is 1. The number of carbonyl (C=O) groups excluding carboxylic acids is 2. The number of methoxy groups -OCH3 is 1. The maximum atomic E-state index is 14.1. The van der Waals surface area contributed by atoms with Crippen LogP contribution in [-0.2, 0) is 16.1 Å². The van der Waals surface area contributed by atoms with Gasteiger partial charge in [0.2, 0.25) is 0 Å². The molecule has 39 heavy (non-hydrogen) atoms. The van der Waals surface area contributed by atoms with E-state index in [1.54, 1.807) is 63.2 Å². The summed E-state index contributed by atoms with van der Waals surface area (Å²) in [6.07, 6.45) is 2.03. The number of rotatable bonds is 3. The SMILES string of the molecule is COc1cccc(O)c1[C@H]1C2=CCn3c(=O)n(-c4ccccc4)c(=O)n3[C@@H]2C[C@H]2C(=O)C(C)=C(C)C(=O)[C@@]12C. The van der Waals surface area contributed by atoms with Crippen molar-refractivity contribution in [1.29, 1.82) is 0 Å². The quantitative estimate of drug-likeness (QED) is 0.523. The fraction of sp³-hybridized carbons (Fsp3) is 0.333. The Balaban J connectivity index is 1.64. The number of allylic oxidation sites excluding steroid dienone is 4. The highest BCUT2D eigenvalue weighted by molar-refractivity contribution is 6.15. The molecule has 0 unspecified atom stereocenters. The van der Waals surface area contributed by atoms with E-state index in [0.29, 0.717) is 33.7 Å². The van der Waals surface area contributed by atoms with E-state index in [0.717, 1.165) is 4.57 Å². The van der Waals surface area contributed by atoms with Crippen LogP contribution in [0.1, 0.15) is 44.7 Å². The Bertz CT molecular complexity index is 1740. The minimum absolute atomic E-state index is 0.0674.